The molecule has 0 atom stereocenters. The lowest BCUT2D eigenvalue weighted by molar-refractivity contribution is 0.240. The van der Waals surface area contributed by atoms with Gasteiger partial charge in [-0.3, -0.25) is 9.69 Å². The lowest BCUT2D eigenvalue weighted by Crippen LogP contribution is -2.39. The monoisotopic (exact) mass is 360 g/mol. The second-order valence-corrected chi connectivity index (χ2v) is 6.98. The van der Waals surface area contributed by atoms with Gasteiger partial charge in [0.2, 0.25) is 0 Å². The summed E-state index contributed by atoms with van der Waals surface area (Å²) in [7, 11) is 0. The van der Waals surface area contributed by atoms with Gasteiger partial charge in [-0.2, -0.15) is 5.10 Å². The average Bonchev–Trinajstić information content (AvgIpc) is 2.72. The number of aromatic nitrogens is 2. The van der Waals surface area contributed by atoms with Crippen LogP contribution in [-0.4, -0.2) is 40.8 Å². The topological polar surface area (TPSA) is 61.0 Å². The second kappa shape index (κ2) is 8.18. The molecule has 2 heterocycles. The third-order valence-electron chi connectivity index (χ3n) is 5.10. The smallest absolute Gasteiger partial charge is 0.272 e. The van der Waals surface area contributed by atoms with Crippen LogP contribution in [0.15, 0.2) is 65.5 Å². The minimum Gasteiger partial charge on any atom is -0.365 e. The SMILES string of the molecule is O=c1[nH]nc(NC2CCN(CC=Cc3ccccc3)CC2)c2ccccc12. The zero-order valence-electron chi connectivity index (χ0n) is 15.3. The summed E-state index contributed by atoms with van der Waals surface area (Å²) < 4.78 is 0. The van der Waals surface area contributed by atoms with Crippen LogP contribution in [0.5, 0.6) is 0 Å². The van der Waals surface area contributed by atoms with Crippen molar-refractivity contribution in [2.45, 2.75) is 18.9 Å². The fourth-order valence-corrected chi connectivity index (χ4v) is 3.58. The molecule has 0 spiro atoms. The normalized spacial score (nSPS) is 16.1. The van der Waals surface area contributed by atoms with E-state index in [9.17, 15) is 4.79 Å². The van der Waals surface area contributed by atoms with E-state index < -0.39 is 0 Å². The van der Waals surface area contributed by atoms with Crippen LogP contribution in [0.25, 0.3) is 16.8 Å². The molecule has 3 aromatic rings. The van der Waals surface area contributed by atoms with Gasteiger partial charge in [-0.05, 0) is 24.5 Å². The first-order chi connectivity index (χ1) is 13.3. The Bertz CT molecular complexity index is 972. The minimum absolute atomic E-state index is 0.142. The lowest BCUT2D eigenvalue weighted by atomic mass is 10.0. The van der Waals surface area contributed by atoms with E-state index in [-0.39, 0.29) is 5.56 Å². The van der Waals surface area contributed by atoms with Crippen molar-refractivity contribution in [3.8, 4) is 0 Å². The zero-order chi connectivity index (χ0) is 18.5. The Labute approximate surface area is 158 Å². The summed E-state index contributed by atoms with van der Waals surface area (Å²) in [5, 5.41) is 11.9. The number of likely N-dealkylation sites (tertiary alicyclic amines) is 1. The molecule has 0 unspecified atom stereocenters. The molecule has 1 aliphatic rings. The predicted octanol–water partition coefficient (Wildman–Crippen LogP) is 3.51. The molecule has 5 nitrogen and oxygen atoms in total. The van der Waals surface area contributed by atoms with Crippen LogP contribution in [0.3, 0.4) is 0 Å². The van der Waals surface area contributed by atoms with Crippen LogP contribution < -0.4 is 10.9 Å². The number of aromatic amines is 1. The van der Waals surface area contributed by atoms with E-state index >= 15 is 0 Å². The number of nitrogens with zero attached hydrogens (tertiary/aromatic N) is 2. The predicted molar refractivity (Wildman–Crippen MR) is 111 cm³/mol. The molecule has 2 N–H and O–H groups in total. The van der Waals surface area contributed by atoms with Crippen LogP contribution >= 0.6 is 0 Å². The van der Waals surface area contributed by atoms with Crippen molar-refractivity contribution in [2.75, 3.05) is 25.0 Å². The number of hydrogen-bond donors (Lipinski definition) is 2. The standard InChI is InChI=1S/C22H24N4O/c27-22-20-11-5-4-10-19(20)21(24-25-22)23-18-12-15-26(16-13-18)14-6-9-17-7-2-1-3-8-17/h1-11,18H,12-16H2,(H,23,24)(H,25,27). The lowest BCUT2D eigenvalue weighted by Gasteiger charge is -2.32. The number of H-pyrrole nitrogens is 1. The van der Waals surface area contributed by atoms with Crippen LogP contribution in [0.2, 0.25) is 0 Å². The molecule has 0 radical (unpaired) electrons. The van der Waals surface area contributed by atoms with Crippen molar-refractivity contribution in [3.63, 3.8) is 0 Å². The highest BCUT2D eigenvalue weighted by Gasteiger charge is 2.19. The van der Waals surface area contributed by atoms with E-state index in [1.807, 2.05) is 30.3 Å². The molecule has 1 saturated heterocycles. The van der Waals surface area contributed by atoms with Crippen molar-refractivity contribution in [3.05, 3.63) is 76.6 Å². The van der Waals surface area contributed by atoms with Crippen molar-refractivity contribution in [2.24, 2.45) is 0 Å². The number of nitrogens with one attached hydrogen (secondary N) is 2. The number of anilines is 1. The maximum Gasteiger partial charge on any atom is 0.272 e. The van der Waals surface area contributed by atoms with Gasteiger partial charge in [-0.15, -0.1) is 0 Å². The molecular formula is C22H24N4O. The summed E-state index contributed by atoms with van der Waals surface area (Å²) >= 11 is 0. The van der Waals surface area contributed by atoms with Gasteiger partial charge in [0.1, 0.15) is 0 Å². The highest BCUT2D eigenvalue weighted by atomic mass is 16.1. The van der Waals surface area contributed by atoms with Gasteiger partial charge in [0, 0.05) is 31.1 Å². The summed E-state index contributed by atoms with van der Waals surface area (Å²) in [6.07, 6.45) is 6.55. The molecule has 1 fully saturated rings. The number of benzene rings is 2. The van der Waals surface area contributed by atoms with E-state index in [2.05, 4.69) is 56.8 Å². The van der Waals surface area contributed by atoms with Gasteiger partial charge in [0.15, 0.2) is 5.82 Å². The minimum atomic E-state index is -0.142. The molecule has 0 amide bonds. The van der Waals surface area contributed by atoms with Crippen LogP contribution in [-0.2, 0) is 0 Å². The van der Waals surface area contributed by atoms with E-state index in [0.29, 0.717) is 11.4 Å². The molecule has 0 saturated carbocycles. The van der Waals surface area contributed by atoms with Gasteiger partial charge >= 0.3 is 0 Å². The Morgan fingerprint density at radius 2 is 1.74 bits per heavy atom. The first-order valence-electron chi connectivity index (χ1n) is 9.47. The molecule has 0 aliphatic carbocycles. The van der Waals surface area contributed by atoms with Crippen molar-refractivity contribution in [1.82, 2.24) is 15.1 Å². The van der Waals surface area contributed by atoms with Gasteiger partial charge in [-0.1, -0.05) is 60.7 Å². The Morgan fingerprint density at radius 3 is 2.52 bits per heavy atom. The third kappa shape index (κ3) is 4.26. The average molecular weight is 360 g/mol. The molecule has 1 aliphatic heterocycles. The Kier molecular flexibility index (Phi) is 5.30. The largest absolute Gasteiger partial charge is 0.365 e. The molecule has 138 valence electrons. The molecule has 27 heavy (non-hydrogen) atoms. The Hall–Kier alpha value is -2.92. The third-order valence-corrected chi connectivity index (χ3v) is 5.10. The zero-order valence-corrected chi connectivity index (χ0v) is 15.3. The Morgan fingerprint density at radius 1 is 1.04 bits per heavy atom. The summed E-state index contributed by atoms with van der Waals surface area (Å²) in [5.74, 6) is 0.771. The molecule has 1 aromatic heterocycles. The fraction of sp³-hybridized carbons (Fsp3) is 0.273. The van der Waals surface area contributed by atoms with Crippen LogP contribution in [0.1, 0.15) is 18.4 Å². The maximum atomic E-state index is 11.9. The fourth-order valence-electron chi connectivity index (χ4n) is 3.58. The number of piperidine rings is 1. The molecule has 0 bridgehead atoms. The van der Waals surface area contributed by atoms with Gasteiger partial charge in [0.25, 0.3) is 5.56 Å². The highest BCUT2D eigenvalue weighted by Crippen LogP contribution is 2.21. The number of rotatable bonds is 5. The van der Waals surface area contributed by atoms with Crippen molar-refractivity contribution < 1.29 is 0 Å². The van der Waals surface area contributed by atoms with Gasteiger partial charge < -0.3 is 5.32 Å². The van der Waals surface area contributed by atoms with Crippen molar-refractivity contribution in [1.29, 1.82) is 0 Å². The van der Waals surface area contributed by atoms with E-state index in [4.69, 9.17) is 0 Å². The van der Waals surface area contributed by atoms with Gasteiger partial charge in [0.05, 0.1) is 5.39 Å². The van der Waals surface area contributed by atoms with Crippen LogP contribution in [0, 0.1) is 0 Å². The molecule has 2 aromatic carbocycles. The summed E-state index contributed by atoms with van der Waals surface area (Å²) in [4.78, 5) is 14.4. The number of fused-ring (bicyclic) bond motifs is 1. The molecule has 4 rings (SSSR count). The Balaban J connectivity index is 1.33. The van der Waals surface area contributed by atoms with Crippen molar-refractivity contribution >= 4 is 22.7 Å². The quantitative estimate of drug-likeness (QED) is 0.731. The van der Waals surface area contributed by atoms with E-state index in [1.54, 1.807) is 0 Å². The van der Waals surface area contributed by atoms with E-state index in [0.717, 1.165) is 43.7 Å². The first kappa shape index (κ1) is 17.5. The molecule has 5 heteroatoms. The van der Waals surface area contributed by atoms with Gasteiger partial charge in [-0.25, -0.2) is 5.10 Å². The second-order valence-electron chi connectivity index (χ2n) is 6.98. The summed E-state index contributed by atoms with van der Waals surface area (Å²) in [6.45, 7) is 3.08. The molecular weight excluding hydrogens is 336 g/mol. The summed E-state index contributed by atoms with van der Waals surface area (Å²) in [6, 6.07) is 18.4. The van der Waals surface area contributed by atoms with E-state index in [1.165, 1.54) is 5.56 Å². The summed E-state index contributed by atoms with van der Waals surface area (Å²) in [5.41, 5.74) is 1.10. The highest BCUT2D eigenvalue weighted by molar-refractivity contribution is 5.90. The number of hydrogen-bond acceptors (Lipinski definition) is 4. The maximum absolute atomic E-state index is 11.9. The first-order valence-corrected chi connectivity index (χ1v) is 9.47. The van der Waals surface area contributed by atoms with Crippen LogP contribution in [0.4, 0.5) is 5.82 Å².